The summed E-state index contributed by atoms with van der Waals surface area (Å²) in [5, 5.41) is 8.67. The number of hydrogen-bond donors (Lipinski definition) is 2. The SMILES string of the molecule is C[C@@](N)(CC(=O)O)c1cncc(Br)c1. The van der Waals surface area contributed by atoms with Gasteiger partial charge in [0.25, 0.3) is 0 Å². The molecule has 1 aromatic rings. The minimum absolute atomic E-state index is 0.120. The normalized spacial score (nSPS) is 14.8. The molecule has 0 aliphatic rings. The van der Waals surface area contributed by atoms with E-state index in [4.69, 9.17) is 10.8 Å². The van der Waals surface area contributed by atoms with E-state index in [9.17, 15) is 4.79 Å². The second kappa shape index (κ2) is 4.06. The zero-order valence-corrected chi connectivity index (χ0v) is 9.28. The number of hydrogen-bond acceptors (Lipinski definition) is 3. The fourth-order valence-electron chi connectivity index (χ4n) is 1.14. The van der Waals surface area contributed by atoms with E-state index in [0.717, 1.165) is 4.47 Å². The van der Waals surface area contributed by atoms with Gasteiger partial charge in [-0.3, -0.25) is 9.78 Å². The number of carboxylic acid groups (broad SMARTS) is 1. The molecule has 0 bridgehead atoms. The summed E-state index contributed by atoms with van der Waals surface area (Å²) in [5.74, 6) is -0.921. The third kappa shape index (κ3) is 2.78. The molecule has 0 saturated heterocycles. The smallest absolute Gasteiger partial charge is 0.305 e. The molecule has 1 heterocycles. The van der Waals surface area contributed by atoms with E-state index < -0.39 is 11.5 Å². The fraction of sp³-hybridized carbons (Fsp3) is 0.333. The number of nitrogens with zero attached hydrogens (tertiary/aromatic N) is 1. The van der Waals surface area contributed by atoms with Crippen molar-refractivity contribution in [3.63, 3.8) is 0 Å². The maximum absolute atomic E-state index is 10.6. The van der Waals surface area contributed by atoms with E-state index in [2.05, 4.69) is 20.9 Å². The highest BCUT2D eigenvalue weighted by Gasteiger charge is 2.25. The van der Waals surface area contributed by atoms with Crippen LogP contribution in [0.1, 0.15) is 18.9 Å². The molecule has 1 rings (SSSR count). The van der Waals surface area contributed by atoms with Crippen molar-refractivity contribution < 1.29 is 9.90 Å². The van der Waals surface area contributed by atoms with Gasteiger partial charge in [0.2, 0.25) is 0 Å². The second-order valence-corrected chi connectivity index (χ2v) is 4.30. The molecule has 4 nitrogen and oxygen atoms in total. The van der Waals surface area contributed by atoms with Gasteiger partial charge in [0, 0.05) is 16.9 Å². The van der Waals surface area contributed by atoms with E-state index in [1.165, 1.54) is 0 Å². The molecule has 0 radical (unpaired) electrons. The van der Waals surface area contributed by atoms with Crippen LogP contribution in [0, 0.1) is 0 Å². The Hall–Kier alpha value is -0.940. The Balaban J connectivity index is 2.97. The topological polar surface area (TPSA) is 76.2 Å². The zero-order chi connectivity index (χ0) is 10.8. The number of rotatable bonds is 3. The van der Waals surface area contributed by atoms with Gasteiger partial charge < -0.3 is 10.8 Å². The lowest BCUT2D eigenvalue weighted by molar-refractivity contribution is -0.138. The third-order valence-electron chi connectivity index (χ3n) is 1.88. The molecule has 76 valence electrons. The zero-order valence-electron chi connectivity index (χ0n) is 7.70. The standard InChI is InChI=1S/C9H11BrN2O2/c1-9(11,3-8(13)14)6-2-7(10)5-12-4-6/h2,4-5H,3,11H2,1H3,(H,13,14)/t9-/m1/s1. The summed E-state index contributed by atoms with van der Waals surface area (Å²) in [5.41, 5.74) is 5.68. The first kappa shape index (κ1) is 11.1. The van der Waals surface area contributed by atoms with Crippen LogP contribution in [-0.2, 0) is 10.3 Å². The van der Waals surface area contributed by atoms with Crippen molar-refractivity contribution in [2.24, 2.45) is 5.73 Å². The first-order valence-electron chi connectivity index (χ1n) is 4.03. The first-order valence-corrected chi connectivity index (χ1v) is 4.83. The van der Waals surface area contributed by atoms with Crippen molar-refractivity contribution in [3.8, 4) is 0 Å². The van der Waals surface area contributed by atoms with Gasteiger partial charge in [-0.05, 0) is 34.5 Å². The Morgan fingerprint density at radius 3 is 2.86 bits per heavy atom. The molecule has 0 spiro atoms. The lowest BCUT2D eigenvalue weighted by Gasteiger charge is -2.22. The maximum atomic E-state index is 10.6. The summed E-state index contributed by atoms with van der Waals surface area (Å²) in [6.07, 6.45) is 3.08. The summed E-state index contributed by atoms with van der Waals surface area (Å²) < 4.78 is 0.789. The van der Waals surface area contributed by atoms with Crippen LogP contribution < -0.4 is 5.73 Å². The van der Waals surface area contributed by atoms with E-state index in [-0.39, 0.29) is 6.42 Å². The predicted octanol–water partition coefficient (Wildman–Crippen LogP) is 1.49. The molecule has 0 aliphatic carbocycles. The molecule has 14 heavy (non-hydrogen) atoms. The number of halogens is 1. The van der Waals surface area contributed by atoms with Crippen molar-refractivity contribution in [1.29, 1.82) is 0 Å². The Bertz CT molecular complexity index is 352. The molecular formula is C9H11BrN2O2. The number of carbonyl (C=O) groups is 1. The Labute approximate surface area is 90.3 Å². The maximum Gasteiger partial charge on any atom is 0.305 e. The molecule has 1 aromatic heterocycles. The first-order chi connectivity index (χ1) is 6.42. The van der Waals surface area contributed by atoms with Crippen LogP contribution in [0.15, 0.2) is 22.9 Å². The van der Waals surface area contributed by atoms with Crippen molar-refractivity contribution >= 4 is 21.9 Å². The summed E-state index contributed by atoms with van der Waals surface area (Å²) in [6.45, 7) is 1.67. The van der Waals surface area contributed by atoms with Gasteiger partial charge in [0.05, 0.1) is 12.0 Å². The Kier molecular flexibility index (Phi) is 3.23. The van der Waals surface area contributed by atoms with Crippen molar-refractivity contribution in [2.75, 3.05) is 0 Å². The Morgan fingerprint density at radius 1 is 1.71 bits per heavy atom. The van der Waals surface area contributed by atoms with E-state index in [1.54, 1.807) is 25.4 Å². The number of carboxylic acids is 1. The minimum atomic E-state index is -0.921. The second-order valence-electron chi connectivity index (χ2n) is 3.38. The molecule has 0 amide bonds. The molecule has 3 N–H and O–H groups in total. The van der Waals surface area contributed by atoms with Crippen LogP contribution >= 0.6 is 15.9 Å². The molecule has 5 heteroatoms. The van der Waals surface area contributed by atoms with Crippen LogP contribution in [0.5, 0.6) is 0 Å². The van der Waals surface area contributed by atoms with E-state index in [0.29, 0.717) is 5.56 Å². The summed E-state index contributed by atoms with van der Waals surface area (Å²) in [6, 6.07) is 1.77. The highest BCUT2D eigenvalue weighted by molar-refractivity contribution is 9.10. The minimum Gasteiger partial charge on any atom is -0.481 e. The number of aliphatic carboxylic acids is 1. The van der Waals surface area contributed by atoms with Crippen LogP contribution in [0.25, 0.3) is 0 Å². The average Bonchev–Trinajstić information content (AvgIpc) is 2.01. The quantitative estimate of drug-likeness (QED) is 0.862. The van der Waals surface area contributed by atoms with Crippen LogP contribution in [-0.4, -0.2) is 16.1 Å². The molecular weight excluding hydrogens is 248 g/mol. The molecule has 0 saturated carbocycles. The van der Waals surface area contributed by atoms with Crippen LogP contribution in [0.3, 0.4) is 0 Å². The summed E-state index contributed by atoms with van der Waals surface area (Å²) in [4.78, 5) is 14.5. The van der Waals surface area contributed by atoms with Gasteiger partial charge >= 0.3 is 5.97 Å². The Morgan fingerprint density at radius 2 is 2.36 bits per heavy atom. The predicted molar refractivity (Wildman–Crippen MR) is 55.7 cm³/mol. The summed E-state index contributed by atoms with van der Waals surface area (Å²) in [7, 11) is 0. The largest absolute Gasteiger partial charge is 0.481 e. The number of nitrogens with two attached hydrogens (primary N) is 1. The van der Waals surface area contributed by atoms with Crippen molar-refractivity contribution in [2.45, 2.75) is 18.9 Å². The van der Waals surface area contributed by atoms with Crippen LogP contribution in [0.2, 0.25) is 0 Å². The molecule has 0 aliphatic heterocycles. The highest BCUT2D eigenvalue weighted by Crippen LogP contribution is 2.23. The van der Waals surface area contributed by atoms with Gasteiger partial charge in [-0.2, -0.15) is 0 Å². The van der Waals surface area contributed by atoms with Crippen LogP contribution in [0.4, 0.5) is 0 Å². The number of aromatic nitrogens is 1. The van der Waals surface area contributed by atoms with Crippen molar-refractivity contribution in [1.82, 2.24) is 4.98 Å². The fourth-order valence-corrected chi connectivity index (χ4v) is 1.51. The van der Waals surface area contributed by atoms with Gasteiger partial charge in [-0.25, -0.2) is 0 Å². The van der Waals surface area contributed by atoms with Gasteiger partial charge in [-0.15, -0.1) is 0 Å². The third-order valence-corrected chi connectivity index (χ3v) is 2.32. The molecule has 0 fully saturated rings. The lowest BCUT2D eigenvalue weighted by atomic mass is 9.91. The monoisotopic (exact) mass is 258 g/mol. The lowest BCUT2D eigenvalue weighted by Crippen LogP contribution is -2.35. The van der Waals surface area contributed by atoms with E-state index in [1.807, 2.05) is 0 Å². The molecule has 0 unspecified atom stereocenters. The van der Waals surface area contributed by atoms with Gasteiger partial charge in [0.1, 0.15) is 0 Å². The molecule has 1 atom stereocenters. The number of pyridine rings is 1. The van der Waals surface area contributed by atoms with Gasteiger partial charge in [0.15, 0.2) is 0 Å². The van der Waals surface area contributed by atoms with Gasteiger partial charge in [-0.1, -0.05) is 0 Å². The molecule has 0 aromatic carbocycles. The average molecular weight is 259 g/mol. The van der Waals surface area contributed by atoms with Crippen molar-refractivity contribution in [3.05, 3.63) is 28.5 Å². The highest BCUT2D eigenvalue weighted by atomic mass is 79.9. The summed E-state index contributed by atoms with van der Waals surface area (Å²) >= 11 is 3.26. The van der Waals surface area contributed by atoms with E-state index >= 15 is 0 Å².